The van der Waals surface area contributed by atoms with Gasteiger partial charge < -0.3 is 30.5 Å². The first-order chi connectivity index (χ1) is 18.6. The van der Waals surface area contributed by atoms with E-state index in [1.165, 1.54) is 4.90 Å². The van der Waals surface area contributed by atoms with E-state index in [-0.39, 0.29) is 18.6 Å². The van der Waals surface area contributed by atoms with E-state index in [1.54, 1.807) is 0 Å². The van der Waals surface area contributed by atoms with Crippen LogP contribution in [-0.4, -0.2) is 80.6 Å². The average Bonchev–Trinajstić information content (AvgIpc) is 3.37. The fourth-order valence-electron chi connectivity index (χ4n) is 5.72. The van der Waals surface area contributed by atoms with Gasteiger partial charge in [0.1, 0.15) is 11.6 Å². The van der Waals surface area contributed by atoms with Crippen molar-refractivity contribution in [3.05, 3.63) is 35.9 Å². The Morgan fingerprint density at radius 2 is 1.79 bits per heavy atom. The largest absolute Gasteiger partial charge is 0.389 e. The number of likely N-dealkylation sites (tertiary alicyclic amines) is 1. The second-order valence-electron chi connectivity index (χ2n) is 10.9. The highest BCUT2D eigenvalue weighted by atomic mass is 19.4. The van der Waals surface area contributed by atoms with Crippen LogP contribution < -0.4 is 20.9 Å². The van der Waals surface area contributed by atoms with Crippen molar-refractivity contribution in [3.63, 3.8) is 0 Å². The van der Waals surface area contributed by atoms with Gasteiger partial charge >= 0.3 is 12.2 Å². The summed E-state index contributed by atoms with van der Waals surface area (Å²) in [6, 6.07) is 9.61. The summed E-state index contributed by atoms with van der Waals surface area (Å²) >= 11 is 0. The highest BCUT2D eigenvalue weighted by Crippen LogP contribution is 2.34. The highest BCUT2D eigenvalue weighted by molar-refractivity contribution is 5.91. The topological polar surface area (TPSA) is 87.0 Å². The fraction of sp³-hybridized carbons (Fsp3) is 0.571. The molecule has 0 aliphatic carbocycles. The van der Waals surface area contributed by atoms with Crippen LogP contribution in [-0.2, 0) is 4.74 Å². The van der Waals surface area contributed by atoms with Gasteiger partial charge in [0.15, 0.2) is 0 Å². The number of halogens is 3. The number of hydrogen-bond acceptors (Lipinski definition) is 6. The summed E-state index contributed by atoms with van der Waals surface area (Å²) in [5, 5.41) is 2.90. The van der Waals surface area contributed by atoms with Crippen LogP contribution in [0, 0.1) is 12.8 Å². The van der Waals surface area contributed by atoms with Crippen LogP contribution in [0.5, 0.6) is 0 Å². The van der Waals surface area contributed by atoms with Gasteiger partial charge in [0.05, 0.1) is 13.2 Å². The standard InChI is InChI=1S/C28H37F3N6O2/c1-19-4-5-23(33-27(38)37-8-6-20(17-37)16-28(29,30)31)15-24(19)21-13-25(35-9-11-39-12-10-35)34-26(14-21)36-7-2-3-22(32)18-36/h4-5,13-15,20,22H,2-3,6-12,16-18,32H2,1H3,(H,33,38)/t20?,22-/m0/s1. The summed E-state index contributed by atoms with van der Waals surface area (Å²) < 4.78 is 43.9. The molecule has 2 amide bonds. The zero-order chi connectivity index (χ0) is 27.6. The smallest absolute Gasteiger partial charge is 0.378 e. The number of nitrogens with one attached hydrogen (secondary N) is 1. The molecule has 11 heteroatoms. The van der Waals surface area contributed by atoms with E-state index in [4.69, 9.17) is 15.5 Å². The van der Waals surface area contributed by atoms with Crippen LogP contribution in [0.2, 0.25) is 0 Å². The predicted molar refractivity (Wildman–Crippen MR) is 146 cm³/mol. The molecule has 212 valence electrons. The third kappa shape index (κ3) is 6.94. The minimum atomic E-state index is -4.22. The molecule has 0 radical (unpaired) electrons. The quantitative estimate of drug-likeness (QED) is 0.569. The van der Waals surface area contributed by atoms with E-state index in [0.29, 0.717) is 31.9 Å². The van der Waals surface area contributed by atoms with E-state index >= 15 is 0 Å². The van der Waals surface area contributed by atoms with Crippen molar-refractivity contribution in [2.24, 2.45) is 11.7 Å². The van der Waals surface area contributed by atoms with Crippen molar-refractivity contribution in [1.29, 1.82) is 0 Å². The van der Waals surface area contributed by atoms with E-state index in [1.807, 2.05) is 25.1 Å². The number of benzene rings is 1. The molecule has 1 aromatic carbocycles. The number of alkyl halides is 3. The van der Waals surface area contributed by atoms with Gasteiger partial charge in [-0.05, 0) is 73.1 Å². The monoisotopic (exact) mass is 546 g/mol. The second kappa shape index (κ2) is 11.6. The summed E-state index contributed by atoms with van der Waals surface area (Å²) in [7, 11) is 0. The zero-order valence-electron chi connectivity index (χ0n) is 22.3. The Kier molecular flexibility index (Phi) is 8.18. The number of amides is 2. The van der Waals surface area contributed by atoms with E-state index in [2.05, 4.69) is 27.2 Å². The number of morpholine rings is 1. The molecule has 0 spiro atoms. The maximum absolute atomic E-state index is 12.9. The number of anilines is 3. The molecule has 2 aromatic rings. The fourth-order valence-corrected chi connectivity index (χ4v) is 5.72. The van der Waals surface area contributed by atoms with Crippen molar-refractivity contribution in [2.45, 2.75) is 44.8 Å². The molecule has 39 heavy (non-hydrogen) atoms. The number of aromatic nitrogens is 1. The average molecular weight is 547 g/mol. The van der Waals surface area contributed by atoms with Crippen LogP contribution in [0.3, 0.4) is 0 Å². The van der Waals surface area contributed by atoms with E-state index in [0.717, 1.165) is 67.3 Å². The molecular formula is C28H37F3N6O2. The van der Waals surface area contributed by atoms with Gasteiger partial charge in [0.25, 0.3) is 0 Å². The summed E-state index contributed by atoms with van der Waals surface area (Å²) in [6.45, 7) is 6.91. The van der Waals surface area contributed by atoms with E-state index < -0.39 is 18.5 Å². The number of nitrogens with zero attached hydrogens (tertiary/aromatic N) is 4. The normalized spacial score (nSPS) is 22.3. The van der Waals surface area contributed by atoms with Crippen LogP contribution in [0.4, 0.5) is 35.3 Å². The molecule has 3 fully saturated rings. The Balaban J connectivity index is 1.39. The Hall–Kier alpha value is -3.05. The number of carbonyl (C=O) groups excluding carboxylic acids is 1. The molecule has 3 aliphatic rings. The number of rotatable bonds is 5. The van der Waals surface area contributed by atoms with Gasteiger partial charge in [-0.3, -0.25) is 0 Å². The van der Waals surface area contributed by atoms with Gasteiger partial charge in [0, 0.05) is 57.4 Å². The number of carbonyl (C=O) groups is 1. The number of pyridine rings is 1. The summed E-state index contributed by atoms with van der Waals surface area (Å²) in [5.41, 5.74) is 9.87. The number of aryl methyl sites for hydroxylation is 1. The predicted octanol–water partition coefficient (Wildman–Crippen LogP) is 4.63. The Labute approximate surface area is 227 Å². The lowest BCUT2D eigenvalue weighted by Gasteiger charge is -2.34. The summed E-state index contributed by atoms with van der Waals surface area (Å²) in [4.78, 5) is 23.8. The third-order valence-electron chi connectivity index (χ3n) is 7.81. The lowest BCUT2D eigenvalue weighted by Crippen LogP contribution is -2.43. The van der Waals surface area contributed by atoms with Gasteiger partial charge in [-0.25, -0.2) is 9.78 Å². The number of hydrogen-bond donors (Lipinski definition) is 2. The Morgan fingerprint density at radius 1 is 1.05 bits per heavy atom. The summed E-state index contributed by atoms with van der Waals surface area (Å²) in [6.07, 6.45) is -2.70. The van der Waals surface area contributed by atoms with Gasteiger partial charge in [0.2, 0.25) is 0 Å². The Morgan fingerprint density at radius 3 is 2.51 bits per heavy atom. The van der Waals surface area contributed by atoms with Gasteiger partial charge in [-0.15, -0.1) is 0 Å². The minimum Gasteiger partial charge on any atom is -0.378 e. The molecule has 4 heterocycles. The number of ether oxygens (including phenoxy) is 1. The molecule has 3 N–H and O–H groups in total. The van der Waals surface area contributed by atoms with Crippen molar-refractivity contribution in [3.8, 4) is 11.1 Å². The molecule has 1 unspecified atom stereocenters. The van der Waals surface area contributed by atoms with Crippen LogP contribution >= 0.6 is 0 Å². The van der Waals surface area contributed by atoms with Crippen molar-refractivity contribution < 1.29 is 22.7 Å². The van der Waals surface area contributed by atoms with Gasteiger partial charge in [-0.1, -0.05) is 6.07 Å². The lowest BCUT2D eigenvalue weighted by molar-refractivity contribution is -0.143. The van der Waals surface area contributed by atoms with Crippen molar-refractivity contribution in [1.82, 2.24) is 9.88 Å². The SMILES string of the molecule is Cc1ccc(NC(=O)N2CCC(CC(F)(F)F)C2)cc1-c1cc(N2CCOCC2)nc(N2CCC[C@H](N)C2)c1. The first-order valence-electron chi connectivity index (χ1n) is 13.7. The van der Waals surface area contributed by atoms with Crippen LogP contribution in [0.1, 0.15) is 31.2 Å². The molecule has 3 saturated heterocycles. The Bertz CT molecular complexity index is 1170. The minimum absolute atomic E-state index is 0.109. The molecule has 0 bridgehead atoms. The molecule has 3 aliphatic heterocycles. The van der Waals surface area contributed by atoms with Gasteiger partial charge in [-0.2, -0.15) is 13.2 Å². The van der Waals surface area contributed by atoms with Crippen molar-refractivity contribution in [2.75, 3.05) is 67.6 Å². The molecule has 5 rings (SSSR count). The second-order valence-corrected chi connectivity index (χ2v) is 10.9. The molecule has 2 atom stereocenters. The first-order valence-corrected chi connectivity index (χ1v) is 13.7. The molecule has 8 nitrogen and oxygen atoms in total. The molecular weight excluding hydrogens is 509 g/mol. The van der Waals surface area contributed by atoms with E-state index in [9.17, 15) is 18.0 Å². The number of urea groups is 1. The maximum Gasteiger partial charge on any atom is 0.389 e. The molecule has 0 saturated carbocycles. The van der Waals surface area contributed by atoms with Crippen LogP contribution in [0.15, 0.2) is 30.3 Å². The van der Waals surface area contributed by atoms with Crippen molar-refractivity contribution >= 4 is 23.4 Å². The number of piperidine rings is 1. The molecule has 1 aromatic heterocycles. The maximum atomic E-state index is 12.9. The number of nitrogens with two attached hydrogens (primary N) is 1. The highest BCUT2D eigenvalue weighted by Gasteiger charge is 2.36. The first kappa shape index (κ1) is 27.5. The zero-order valence-corrected chi connectivity index (χ0v) is 22.3. The third-order valence-corrected chi connectivity index (χ3v) is 7.81. The van der Waals surface area contributed by atoms with Crippen LogP contribution in [0.25, 0.3) is 11.1 Å². The lowest BCUT2D eigenvalue weighted by atomic mass is 9.99. The summed E-state index contributed by atoms with van der Waals surface area (Å²) in [5.74, 6) is 1.21.